The Morgan fingerprint density at radius 3 is 2.47 bits per heavy atom. The maximum atomic E-state index is 13.4. The predicted molar refractivity (Wildman–Crippen MR) is 132 cm³/mol. The lowest BCUT2D eigenvalue weighted by atomic mass is 9.95. The quantitative estimate of drug-likeness (QED) is 0.427. The molecule has 1 aromatic heterocycles. The van der Waals surface area contributed by atoms with Crippen LogP contribution in [-0.2, 0) is 11.4 Å². The number of nitrogens with zero attached hydrogens (tertiary/aromatic N) is 3. The summed E-state index contributed by atoms with van der Waals surface area (Å²) in [7, 11) is 0. The highest BCUT2D eigenvalue weighted by atomic mass is 16.5. The van der Waals surface area contributed by atoms with Gasteiger partial charge in [-0.2, -0.15) is 10.1 Å². The van der Waals surface area contributed by atoms with Crippen LogP contribution in [0.3, 0.4) is 0 Å². The van der Waals surface area contributed by atoms with E-state index in [-0.39, 0.29) is 5.91 Å². The zero-order valence-electron chi connectivity index (χ0n) is 19.0. The summed E-state index contributed by atoms with van der Waals surface area (Å²) < 4.78 is 7.67. The lowest BCUT2D eigenvalue weighted by Crippen LogP contribution is -2.31. The molecule has 34 heavy (non-hydrogen) atoms. The van der Waals surface area contributed by atoms with Crippen LogP contribution in [0.5, 0.6) is 5.75 Å². The number of hydrogen-bond acceptors (Lipinski definition) is 5. The summed E-state index contributed by atoms with van der Waals surface area (Å²) in [5, 5.41) is 10.6. The van der Waals surface area contributed by atoms with Crippen LogP contribution < -0.4 is 15.4 Å². The third kappa shape index (κ3) is 4.41. The Balaban J connectivity index is 1.41. The topological polar surface area (TPSA) is 81.1 Å². The molecule has 0 radical (unpaired) electrons. The number of nitrogens with one attached hydrogen (secondary N) is 2. The molecule has 0 spiro atoms. The van der Waals surface area contributed by atoms with E-state index in [1.807, 2.05) is 92.7 Å². The summed E-state index contributed by atoms with van der Waals surface area (Å²) in [6.45, 7) is 4.38. The smallest absolute Gasteiger partial charge is 0.255 e. The molecule has 1 aliphatic heterocycles. The molecule has 0 fully saturated rings. The highest BCUT2D eigenvalue weighted by Crippen LogP contribution is 2.35. The molecule has 7 nitrogen and oxygen atoms in total. The van der Waals surface area contributed by atoms with Crippen molar-refractivity contribution in [2.45, 2.75) is 26.5 Å². The number of fused-ring (bicyclic) bond motifs is 1. The Morgan fingerprint density at radius 1 is 1.00 bits per heavy atom. The van der Waals surface area contributed by atoms with Gasteiger partial charge in [-0.3, -0.25) is 4.79 Å². The summed E-state index contributed by atoms with van der Waals surface area (Å²) in [6.07, 6.45) is 1.49. The minimum atomic E-state index is -0.424. The average Bonchev–Trinajstić information content (AvgIpc) is 3.32. The number of carbonyl (C=O) groups excluding carboxylic acids is 1. The van der Waals surface area contributed by atoms with Crippen LogP contribution in [0.4, 0.5) is 11.6 Å². The van der Waals surface area contributed by atoms with E-state index in [9.17, 15) is 4.79 Å². The largest absolute Gasteiger partial charge is 0.489 e. The van der Waals surface area contributed by atoms with E-state index in [0.29, 0.717) is 18.1 Å². The van der Waals surface area contributed by atoms with Gasteiger partial charge in [0, 0.05) is 11.4 Å². The van der Waals surface area contributed by atoms with Crippen LogP contribution in [0.1, 0.15) is 29.7 Å². The number of rotatable bonds is 6. The average molecular weight is 452 g/mol. The Kier molecular flexibility index (Phi) is 5.82. The number of amides is 1. The van der Waals surface area contributed by atoms with E-state index in [2.05, 4.69) is 20.7 Å². The van der Waals surface area contributed by atoms with E-state index in [1.54, 1.807) is 4.68 Å². The van der Waals surface area contributed by atoms with Crippen molar-refractivity contribution in [3.05, 3.63) is 113 Å². The van der Waals surface area contributed by atoms with Crippen LogP contribution >= 0.6 is 0 Å². The van der Waals surface area contributed by atoms with Crippen molar-refractivity contribution in [1.82, 2.24) is 14.8 Å². The molecule has 7 heteroatoms. The summed E-state index contributed by atoms with van der Waals surface area (Å²) in [5.74, 6) is 1.16. The molecule has 0 saturated carbocycles. The molecule has 2 N–H and O–H groups in total. The standard InChI is InChI=1S/C27H25N5O2/c1-18-8-12-22(13-9-18)31-26(33)24-19(2)30-27-28-17-29-32(27)25(24)21-10-14-23(15-11-21)34-16-20-6-4-3-5-7-20/h3-15,17,25H,16H2,1-2H3,(H,31,33)(H,28,29,30). The molecular formula is C27H25N5O2. The van der Waals surface area contributed by atoms with E-state index in [1.165, 1.54) is 6.33 Å². The van der Waals surface area contributed by atoms with Gasteiger partial charge in [-0.15, -0.1) is 0 Å². The number of ether oxygens (including phenoxy) is 1. The lowest BCUT2D eigenvalue weighted by Gasteiger charge is -2.28. The number of anilines is 2. The number of aryl methyl sites for hydroxylation is 1. The van der Waals surface area contributed by atoms with Gasteiger partial charge >= 0.3 is 0 Å². The van der Waals surface area contributed by atoms with Crippen molar-refractivity contribution in [3.8, 4) is 5.75 Å². The third-order valence-electron chi connectivity index (χ3n) is 5.79. The molecule has 1 aliphatic rings. The van der Waals surface area contributed by atoms with Crippen molar-refractivity contribution in [1.29, 1.82) is 0 Å². The highest BCUT2D eigenvalue weighted by Gasteiger charge is 2.33. The maximum absolute atomic E-state index is 13.4. The fourth-order valence-electron chi connectivity index (χ4n) is 4.02. The van der Waals surface area contributed by atoms with Crippen LogP contribution in [0.2, 0.25) is 0 Å². The van der Waals surface area contributed by atoms with Gasteiger partial charge in [0.2, 0.25) is 5.95 Å². The second-order valence-electron chi connectivity index (χ2n) is 8.26. The number of aromatic nitrogens is 3. The normalized spacial score (nSPS) is 14.8. The minimum absolute atomic E-state index is 0.190. The van der Waals surface area contributed by atoms with Crippen LogP contribution in [0, 0.1) is 6.92 Å². The van der Waals surface area contributed by atoms with E-state index in [4.69, 9.17) is 4.74 Å². The van der Waals surface area contributed by atoms with Gasteiger partial charge in [0.1, 0.15) is 24.7 Å². The molecule has 0 bridgehead atoms. The first-order valence-corrected chi connectivity index (χ1v) is 11.1. The molecule has 4 aromatic rings. The molecule has 1 amide bonds. The Bertz CT molecular complexity index is 1330. The summed E-state index contributed by atoms with van der Waals surface area (Å²) in [6, 6.07) is 25.1. The fourth-order valence-corrected chi connectivity index (χ4v) is 4.02. The van der Waals surface area contributed by atoms with Crippen LogP contribution in [0.15, 0.2) is 96.5 Å². The fraction of sp³-hybridized carbons (Fsp3) is 0.148. The number of benzene rings is 3. The monoisotopic (exact) mass is 451 g/mol. The van der Waals surface area contributed by atoms with Gasteiger partial charge in [-0.25, -0.2) is 4.68 Å². The van der Waals surface area contributed by atoms with E-state index in [0.717, 1.165) is 33.8 Å². The van der Waals surface area contributed by atoms with Crippen molar-refractivity contribution in [2.75, 3.05) is 10.6 Å². The second kappa shape index (κ2) is 9.23. The Hall–Kier alpha value is -4.39. The van der Waals surface area contributed by atoms with Crippen LogP contribution in [-0.4, -0.2) is 20.7 Å². The van der Waals surface area contributed by atoms with E-state index < -0.39 is 6.04 Å². The zero-order valence-corrected chi connectivity index (χ0v) is 19.0. The third-order valence-corrected chi connectivity index (χ3v) is 5.79. The maximum Gasteiger partial charge on any atom is 0.255 e. The molecule has 170 valence electrons. The van der Waals surface area contributed by atoms with E-state index >= 15 is 0 Å². The molecule has 1 unspecified atom stereocenters. The van der Waals surface area contributed by atoms with Gasteiger partial charge in [0.25, 0.3) is 5.91 Å². The molecule has 2 heterocycles. The van der Waals surface area contributed by atoms with Gasteiger partial charge in [0.05, 0.1) is 5.57 Å². The van der Waals surface area contributed by atoms with Crippen molar-refractivity contribution < 1.29 is 9.53 Å². The molecule has 5 rings (SSSR count). The molecule has 3 aromatic carbocycles. The van der Waals surface area contributed by atoms with Gasteiger partial charge in [0.15, 0.2) is 0 Å². The summed E-state index contributed by atoms with van der Waals surface area (Å²) in [5.41, 5.74) is 5.20. The van der Waals surface area contributed by atoms with Gasteiger partial charge in [-0.1, -0.05) is 60.2 Å². The molecule has 1 atom stereocenters. The number of carbonyl (C=O) groups is 1. The van der Waals surface area contributed by atoms with Crippen molar-refractivity contribution >= 4 is 17.5 Å². The first-order chi connectivity index (χ1) is 16.6. The highest BCUT2D eigenvalue weighted by molar-refractivity contribution is 6.06. The molecule has 0 saturated heterocycles. The Labute approximate surface area is 198 Å². The minimum Gasteiger partial charge on any atom is -0.489 e. The first-order valence-electron chi connectivity index (χ1n) is 11.1. The van der Waals surface area contributed by atoms with Crippen molar-refractivity contribution in [3.63, 3.8) is 0 Å². The van der Waals surface area contributed by atoms with Crippen molar-refractivity contribution in [2.24, 2.45) is 0 Å². The second-order valence-corrected chi connectivity index (χ2v) is 8.26. The first kappa shape index (κ1) is 21.5. The van der Waals surface area contributed by atoms with Crippen LogP contribution in [0.25, 0.3) is 0 Å². The van der Waals surface area contributed by atoms with Gasteiger partial charge < -0.3 is 15.4 Å². The molecular weight excluding hydrogens is 426 g/mol. The number of allylic oxidation sites excluding steroid dienone is 1. The lowest BCUT2D eigenvalue weighted by molar-refractivity contribution is -0.113. The Morgan fingerprint density at radius 2 is 1.74 bits per heavy atom. The number of hydrogen-bond donors (Lipinski definition) is 2. The SMILES string of the molecule is CC1=C(C(=O)Nc2ccc(C)cc2)C(c2ccc(OCc3ccccc3)cc2)n2ncnc2N1. The zero-order chi connectivity index (χ0) is 23.5. The summed E-state index contributed by atoms with van der Waals surface area (Å²) in [4.78, 5) is 17.7. The summed E-state index contributed by atoms with van der Waals surface area (Å²) >= 11 is 0. The van der Waals surface area contributed by atoms with Gasteiger partial charge in [-0.05, 0) is 49.2 Å². The molecule has 0 aliphatic carbocycles. The predicted octanol–water partition coefficient (Wildman–Crippen LogP) is 5.09.